The lowest BCUT2D eigenvalue weighted by Gasteiger charge is -2.19. The lowest BCUT2D eigenvalue weighted by Crippen LogP contribution is -2.45. The second kappa shape index (κ2) is 33.3. The Morgan fingerprint density at radius 1 is 0.619 bits per heavy atom. The van der Waals surface area contributed by atoms with Crippen LogP contribution in [-0.4, -0.2) is 34.9 Å². The average Bonchev–Trinajstić information content (AvgIpc) is 2.99. The molecule has 0 aliphatic rings. The van der Waals surface area contributed by atoms with Crippen molar-refractivity contribution in [1.82, 2.24) is 5.32 Å². The van der Waals surface area contributed by atoms with E-state index in [1.165, 1.54) is 57.8 Å². The van der Waals surface area contributed by atoms with Gasteiger partial charge in [-0.25, -0.2) is 0 Å². The predicted octanol–water partition coefficient (Wildman–Crippen LogP) is 10.0. The first-order chi connectivity index (χ1) is 20.7. The number of hydrogen-bond acceptors (Lipinski definition) is 3. The highest BCUT2D eigenvalue weighted by Gasteiger charge is 2.17. The van der Waals surface area contributed by atoms with Crippen LogP contribution < -0.4 is 5.32 Å². The van der Waals surface area contributed by atoms with Crippen LogP contribution in [0.5, 0.6) is 0 Å². The summed E-state index contributed by atoms with van der Waals surface area (Å²) >= 11 is 0. The van der Waals surface area contributed by atoms with E-state index >= 15 is 0 Å². The molecule has 0 aliphatic carbocycles. The van der Waals surface area contributed by atoms with Crippen molar-refractivity contribution < 1.29 is 15.0 Å². The fourth-order valence-corrected chi connectivity index (χ4v) is 4.57. The Labute approximate surface area is 259 Å². The van der Waals surface area contributed by atoms with Gasteiger partial charge in [-0.3, -0.25) is 4.79 Å². The van der Waals surface area contributed by atoms with Gasteiger partial charge in [0.25, 0.3) is 0 Å². The van der Waals surface area contributed by atoms with Crippen molar-refractivity contribution >= 4 is 5.91 Å². The van der Waals surface area contributed by atoms with Gasteiger partial charge < -0.3 is 15.5 Å². The molecular formula is C38H65NO3. The highest BCUT2D eigenvalue weighted by atomic mass is 16.3. The third-order valence-corrected chi connectivity index (χ3v) is 7.23. The van der Waals surface area contributed by atoms with E-state index in [1.54, 1.807) is 6.08 Å². The molecule has 0 spiro atoms. The molecule has 2 unspecified atom stereocenters. The molecule has 0 fully saturated rings. The fourth-order valence-electron chi connectivity index (χ4n) is 4.57. The van der Waals surface area contributed by atoms with E-state index in [9.17, 15) is 15.0 Å². The van der Waals surface area contributed by atoms with Gasteiger partial charge in [0.1, 0.15) is 0 Å². The topological polar surface area (TPSA) is 69.6 Å². The number of aliphatic hydroxyl groups is 2. The molecule has 0 heterocycles. The molecule has 0 aromatic heterocycles. The van der Waals surface area contributed by atoms with Gasteiger partial charge >= 0.3 is 0 Å². The smallest absolute Gasteiger partial charge is 0.220 e. The summed E-state index contributed by atoms with van der Waals surface area (Å²) in [7, 11) is 0. The summed E-state index contributed by atoms with van der Waals surface area (Å²) in [6.45, 7) is 4.02. The first-order valence-electron chi connectivity index (χ1n) is 17.1. The van der Waals surface area contributed by atoms with Gasteiger partial charge in [-0.05, 0) is 77.6 Å². The van der Waals surface area contributed by atoms with Gasteiger partial charge in [0.15, 0.2) is 0 Å². The summed E-state index contributed by atoms with van der Waals surface area (Å²) in [5.74, 6) is -0.0985. The lowest BCUT2D eigenvalue weighted by atomic mass is 10.1. The normalized spacial score (nSPS) is 14.1. The Morgan fingerprint density at radius 2 is 1.10 bits per heavy atom. The van der Waals surface area contributed by atoms with Gasteiger partial charge in [0, 0.05) is 6.42 Å². The number of nitrogens with one attached hydrogen (secondary N) is 1. The standard InChI is InChI=1S/C38H65NO3/c1-3-5-7-9-11-13-14-15-16-17-18-19-20-21-22-23-24-26-28-30-32-34-38(42)39-36(35-40)37(41)33-31-29-27-25-12-10-8-6-4-2/h4,6,12,14-15,17-18,20-21,25,31,33,36-37,40-41H,3,5,7-11,13,16,19,22-24,26-30,32,34-35H2,1-2H3,(H,39,42)/b6-4+,15-14-,18-17-,21-20-,25-12+,33-31+. The average molecular weight is 584 g/mol. The monoisotopic (exact) mass is 583 g/mol. The molecule has 0 saturated heterocycles. The number of carbonyl (C=O) groups excluding carboxylic acids is 1. The second-order valence-corrected chi connectivity index (χ2v) is 11.2. The van der Waals surface area contributed by atoms with Gasteiger partial charge in [-0.2, -0.15) is 0 Å². The first kappa shape index (κ1) is 39.8. The van der Waals surface area contributed by atoms with Crippen molar-refractivity contribution in [3.8, 4) is 0 Å². The third-order valence-electron chi connectivity index (χ3n) is 7.23. The molecule has 0 aromatic rings. The van der Waals surface area contributed by atoms with E-state index in [-0.39, 0.29) is 12.5 Å². The van der Waals surface area contributed by atoms with Crippen LogP contribution in [0.3, 0.4) is 0 Å². The number of allylic oxidation sites excluding steroid dienone is 11. The molecule has 0 saturated carbocycles. The van der Waals surface area contributed by atoms with E-state index in [4.69, 9.17) is 0 Å². The largest absolute Gasteiger partial charge is 0.394 e. The Morgan fingerprint density at radius 3 is 1.67 bits per heavy atom. The Bertz CT molecular complexity index is 762. The zero-order valence-corrected chi connectivity index (χ0v) is 27.2. The number of amides is 1. The molecule has 0 radical (unpaired) electrons. The Balaban J connectivity index is 3.70. The first-order valence-corrected chi connectivity index (χ1v) is 17.1. The summed E-state index contributed by atoms with van der Waals surface area (Å²) in [6.07, 6.45) is 47.1. The van der Waals surface area contributed by atoms with Crippen LogP contribution in [0.15, 0.2) is 72.9 Å². The Hall–Kier alpha value is -2.17. The molecule has 2 atom stereocenters. The van der Waals surface area contributed by atoms with Crippen molar-refractivity contribution in [2.24, 2.45) is 0 Å². The highest BCUT2D eigenvalue weighted by molar-refractivity contribution is 5.76. The van der Waals surface area contributed by atoms with E-state index in [0.717, 1.165) is 64.2 Å². The molecule has 42 heavy (non-hydrogen) atoms. The Kier molecular flexibility index (Phi) is 31.6. The van der Waals surface area contributed by atoms with Crippen molar-refractivity contribution in [2.45, 2.75) is 154 Å². The maximum atomic E-state index is 12.3. The van der Waals surface area contributed by atoms with Crippen molar-refractivity contribution in [2.75, 3.05) is 6.61 Å². The molecule has 0 aromatic carbocycles. The number of unbranched alkanes of at least 4 members (excludes halogenated alkanes) is 13. The molecule has 0 aliphatic heterocycles. The summed E-state index contributed by atoms with van der Waals surface area (Å²) in [4.78, 5) is 12.3. The summed E-state index contributed by atoms with van der Waals surface area (Å²) in [6, 6.07) is -0.652. The molecule has 0 bridgehead atoms. The molecule has 240 valence electrons. The van der Waals surface area contributed by atoms with Crippen molar-refractivity contribution in [1.29, 1.82) is 0 Å². The third kappa shape index (κ3) is 29.3. The second-order valence-electron chi connectivity index (χ2n) is 11.2. The quantitative estimate of drug-likeness (QED) is 0.0606. The van der Waals surface area contributed by atoms with Crippen LogP contribution in [-0.2, 0) is 4.79 Å². The molecular weight excluding hydrogens is 518 g/mol. The van der Waals surface area contributed by atoms with Crippen LogP contribution in [0.1, 0.15) is 142 Å². The van der Waals surface area contributed by atoms with Gasteiger partial charge in [-0.15, -0.1) is 0 Å². The maximum Gasteiger partial charge on any atom is 0.220 e. The van der Waals surface area contributed by atoms with Crippen molar-refractivity contribution in [3.05, 3.63) is 72.9 Å². The minimum atomic E-state index is -0.875. The summed E-state index contributed by atoms with van der Waals surface area (Å²) < 4.78 is 0. The van der Waals surface area contributed by atoms with Crippen LogP contribution in [0.25, 0.3) is 0 Å². The van der Waals surface area contributed by atoms with Crippen molar-refractivity contribution in [3.63, 3.8) is 0 Å². The van der Waals surface area contributed by atoms with E-state index in [2.05, 4.69) is 73.0 Å². The highest BCUT2D eigenvalue weighted by Crippen LogP contribution is 2.10. The molecule has 0 rings (SSSR count). The lowest BCUT2D eigenvalue weighted by molar-refractivity contribution is -0.123. The SMILES string of the molecule is C/C=C/CC/C=C/CC/C=C/C(O)C(CO)NC(=O)CCCCCCCC/C=C\C/C=C\C/C=C\CCCCCCC. The number of hydrogen-bond donors (Lipinski definition) is 3. The minimum Gasteiger partial charge on any atom is -0.394 e. The van der Waals surface area contributed by atoms with Crippen LogP contribution >= 0.6 is 0 Å². The van der Waals surface area contributed by atoms with Gasteiger partial charge in [-0.1, -0.05) is 131 Å². The predicted molar refractivity (Wildman–Crippen MR) is 184 cm³/mol. The fraction of sp³-hybridized carbons (Fsp3) is 0.658. The molecule has 1 amide bonds. The van der Waals surface area contributed by atoms with E-state index in [1.807, 2.05) is 13.0 Å². The maximum absolute atomic E-state index is 12.3. The minimum absolute atomic E-state index is 0.0985. The summed E-state index contributed by atoms with van der Waals surface area (Å²) in [5.41, 5.74) is 0. The van der Waals surface area contributed by atoms with Crippen LogP contribution in [0.2, 0.25) is 0 Å². The van der Waals surface area contributed by atoms with E-state index < -0.39 is 12.1 Å². The molecule has 4 nitrogen and oxygen atoms in total. The van der Waals surface area contributed by atoms with Crippen LogP contribution in [0.4, 0.5) is 0 Å². The molecule has 4 heteroatoms. The molecule has 3 N–H and O–H groups in total. The van der Waals surface area contributed by atoms with Gasteiger partial charge in [0.05, 0.1) is 18.8 Å². The van der Waals surface area contributed by atoms with Crippen LogP contribution in [0, 0.1) is 0 Å². The number of rotatable bonds is 29. The number of aliphatic hydroxyl groups excluding tert-OH is 2. The summed E-state index contributed by atoms with van der Waals surface area (Å²) in [5, 5.41) is 22.7. The van der Waals surface area contributed by atoms with E-state index in [0.29, 0.717) is 6.42 Å². The zero-order chi connectivity index (χ0) is 30.8. The number of carbonyl (C=O) groups is 1. The van der Waals surface area contributed by atoms with Gasteiger partial charge in [0.2, 0.25) is 5.91 Å². The zero-order valence-electron chi connectivity index (χ0n) is 27.2.